The van der Waals surface area contributed by atoms with Crippen LogP contribution in [0.3, 0.4) is 0 Å². The molecule has 0 aliphatic carbocycles. The molecular weight excluding hydrogens is 401 g/mol. The molecule has 1 amide bonds. The van der Waals surface area contributed by atoms with Gasteiger partial charge in [0.2, 0.25) is 11.7 Å². The van der Waals surface area contributed by atoms with E-state index in [4.69, 9.17) is 4.52 Å². The van der Waals surface area contributed by atoms with Gasteiger partial charge in [-0.25, -0.2) is 8.78 Å². The number of piperidine rings is 1. The van der Waals surface area contributed by atoms with Gasteiger partial charge in [-0.05, 0) is 31.4 Å². The molecule has 7 nitrogen and oxygen atoms in total. The number of carbonyl (C=O) groups excluding carboxylic acids is 1. The Balaban J connectivity index is 1.57. The standard InChI is InChI=1S/C20H25F3N4O3/c1-20(2,3)19-25-14(26-30-19)10-27-6-4-5-11(9-27)8-24-18(29)12-7-13(21)16(23)17(28)15(12)22/h7,11,28H,4-6,8-10H2,1-3H3,(H,24,29). The van der Waals surface area contributed by atoms with E-state index in [1.807, 2.05) is 20.8 Å². The smallest absolute Gasteiger partial charge is 0.254 e. The van der Waals surface area contributed by atoms with Gasteiger partial charge in [-0.3, -0.25) is 9.69 Å². The number of aromatic nitrogens is 2. The zero-order valence-electron chi connectivity index (χ0n) is 17.1. The highest BCUT2D eigenvalue weighted by Crippen LogP contribution is 2.26. The van der Waals surface area contributed by atoms with Crippen LogP contribution in [0.15, 0.2) is 10.6 Å². The monoisotopic (exact) mass is 426 g/mol. The van der Waals surface area contributed by atoms with Crippen LogP contribution in [0.4, 0.5) is 13.2 Å². The zero-order valence-corrected chi connectivity index (χ0v) is 17.1. The highest BCUT2D eigenvalue weighted by atomic mass is 19.2. The Morgan fingerprint density at radius 1 is 1.33 bits per heavy atom. The van der Waals surface area contributed by atoms with Gasteiger partial charge < -0.3 is 14.9 Å². The molecule has 1 aliphatic rings. The summed E-state index contributed by atoms with van der Waals surface area (Å²) < 4.78 is 45.8. The van der Waals surface area contributed by atoms with E-state index in [1.54, 1.807) is 0 Å². The number of carbonyl (C=O) groups is 1. The summed E-state index contributed by atoms with van der Waals surface area (Å²) in [5, 5.41) is 15.8. The highest BCUT2D eigenvalue weighted by Gasteiger charge is 2.26. The first-order valence-electron chi connectivity index (χ1n) is 9.76. The fraction of sp³-hybridized carbons (Fsp3) is 0.550. The van der Waals surface area contributed by atoms with Gasteiger partial charge in [0, 0.05) is 18.5 Å². The van der Waals surface area contributed by atoms with Gasteiger partial charge >= 0.3 is 0 Å². The maximum absolute atomic E-state index is 13.9. The molecule has 2 N–H and O–H groups in total. The lowest BCUT2D eigenvalue weighted by Gasteiger charge is -2.31. The number of rotatable bonds is 5. The molecule has 1 aromatic heterocycles. The molecule has 1 aliphatic heterocycles. The summed E-state index contributed by atoms with van der Waals surface area (Å²) in [5.74, 6) is -5.87. The molecule has 1 aromatic carbocycles. The van der Waals surface area contributed by atoms with Crippen LogP contribution in [0.2, 0.25) is 0 Å². The first kappa shape index (κ1) is 22.1. The molecule has 0 spiro atoms. The molecule has 30 heavy (non-hydrogen) atoms. The molecule has 2 heterocycles. The van der Waals surface area contributed by atoms with Crippen LogP contribution in [-0.4, -0.2) is 45.7 Å². The molecule has 1 atom stereocenters. The Kier molecular flexibility index (Phi) is 6.35. The van der Waals surface area contributed by atoms with Crippen molar-refractivity contribution in [2.45, 2.75) is 45.6 Å². The van der Waals surface area contributed by atoms with Gasteiger partial charge in [0.25, 0.3) is 5.91 Å². The summed E-state index contributed by atoms with van der Waals surface area (Å²) in [4.78, 5) is 18.8. The minimum atomic E-state index is -1.72. The average Bonchev–Trinajstić information content (AvgIpc) is 3.16. The van der Waals surface area contributed by atoms with Gasteiger partial charge in [0.1, 0.15) is 0 Å². The summed E-state index contributed by atoms with van der Waals surface area (Å²) in [6.07, 6.45) is 1.74. The fourth-order valence-electron chi connectivity index (χ4n) is 3.37. The van der Waals surface area contributed by atoms with Crippen LogP contribution in [0.5, 0.6) is 5.75 Å². The number of nitrogens with one attached hydrogen (secondary N) is 1. The van der Waals surface area contributed by atoms with Gasteiger partial charge in [-0.1, -0.05) is 25.9 Å². The van der Waals surface area contributed by atoms with E-state index in [0.29, 0.717) is 30.9 Å². The number of halogens is 3. The molecule has 0 bridgehead atoms. The fourth-order valence-corrected chi connectivity index (χ4v) is 3.37. The van der Waals surface area contributed by atoms with Crippen molar-refractivity contribution in [3.8, 4) is 5.75 Å². The normalized spacial score (nSPS) is 17.9. The third kappa shape index (κ3) is 4.92. The number of aromatic hydroxyl groups is 1. The predicted octanol–water partition coefficient (Wildman–Crippen LogP) is 3.13. The maximum Gasteiger partial charge on any atom is 0.254 e. The second-order valence-electron chi connectivity index (χ2n) is 8.60. The van der Waals surface area contributed by atoms with Gasteiger partial charge in [0.15, 0.2) is 23.2 Å². The molecular formula is C20H25F3N4O3. The van der Waals surface area contributed by atoms with E-state index in [2.05, 4.69) is 20.4 Å². The van der Waals surface area contributed by atoms with Crippen LogP contribution in [-0.2, 0) is 12.0 Å². The Bertz CT molecular complexity index is 927. The number of hydrogen-bond donors (Lipinski definition) is 2. The van der Waals surface area contributed by atoms with Crippen LogP contribution in [0.1, 0.15) is 55.7 Å². The van der Waals surface area contributed by atoms with Crippen LogP contribution < -0.4 is 5.32 Å². The molecule has 3 rings (SSSR count). The lowest BCUT2D eigenvalue weighted by atomic mass is 9.97. The van der Waals surface area contributed by atoms with Crippen molar-refractivity contribution >= 4 is 5.91 Å². The number of hydrogen-bond acceptors (Lipinski definition) is 6. The third-order valence-corrected chi connectivity index (χ3v) is 5.01. The summed E-state index contributed by atoms with van der Waals surface area (Å²) in [5.41, 5.74) is -0.968. The van der Waals surface area contributed by atoms with E-state index in [1.165, 1.54) is 0 Å². The number of phenolic OH excluding ortho intramolecular Hbond substituents is 1. The van der Waals surface area contributed by atoms with E-state index in [9.17, 15) is 23.1 Å². The number of phenols is 1. The summed E-state index contributed by atoms with van der Waals surface area (Å²) in [7, 11) is 0. The minimum absolute atomic E-state index is 0.0821. The molecule has 0 radical (unpaired) electrons. The SMILES string of the molecule is CC(C)(C)c1nc(CN2CCCC(CNC(=O)c3cc(F)c(F)c(O)c3F)C2)no1. The first-order valence-corrected chi connectivity index (χ1v) is 9.76. The molecule has 164 valence electrons. The maximum atomic E-state index is 13.9. The number of nitrogens with zero attached hydrogens (tertiary/aromatic N) is 3. The Labute approximate surface area is 172 Å². The molecule has 0 saturated carbocycles. The van der Waals surface area contributed by atoms with Crippen LogP contribution >= 0.6 is 0 Å². The van der Waals surface area contributed by atoms with E-state index in [0.717, 1.165) is 19.4 Å². The first-order chi connectivity index (χ1) is 14.1. The second kappa shape index (κ2) is 8.63. The van der Waals surface area contributed by atoms with Crippen molar-refractivity contribution in [3.63, 3.8) is 0 Å². The number of likely N-dealkylation sites (tertiary alicyclic amines) is 1. The Morgan fingerprint density at radius 2 is 2.07 bits per heavy atom. The highest BCUT2D eigenvalue weighted by molar-refractivity contribution is 5.95. The molecule has 1 unspecified atom stereocenters. The largest absolute Gasteiger partial charge is 0.503 e. The van der Waals surface area contributed by atoms with Crippen molar-refractivity contribution in [1.29, 1.82) is 0 Å². The number of benzene rings is 1. The summed E-state index contributed by atoms with van der Waals surface area (Å²) in [6, 6.07) is 0.440. The summed E-state index contributed by atoms with van der Waals surface area (Å²) in [6.45, 7) is 8.20. The van der Waals surface area contributed by atoms with Crippen molar-refractivity contribution < 1.29 is 27.6 Å². The number of amides is 1. The van der Waals surface area contributed by atoms with Gasteiger partial charge in [-0.15, -0.1) is 0 Å². The van der Waals surface area contributed by atoms with E-state index in [-0.39, 0.29) is 17.9 Å². The topological polar surface area (TPSA) is 91.5 Å². The third-order valence-electron chi connectivity index (χ3n) is 5.01. The predicted molar refractivity (Wildman–Crippen MR) is 101 cm³/mol. The Hall–Kier alpha value is -2.62. The van der Waals surface area contributed by atoms with E-state index < -0.39 is 34.7 Å². The van der Waals surface area contributed by atoms with Crippen molar-refractivity contribution in [2.24, 2.45) is 5.92 Å². The van der Waals surface area contributed by atoms with Crippen molar-refractivity contribution in [1.82, 2.24) is 20.4 Å². The molecule has 1 saturated heterocycles. The van der Waals surface area contributed by atoms with Gasteiger partial charge in [-0.2, -0.15) is 9.37 Å². The lowest BCUT2D eigenvalue weighted by molar-refractivity contribution is 0.0924. The average molecular weight is 426 g/mol. The molecule has 1 fully saturated rings. The second-order valence-corrected chi connectivity index (χ2v) is 8.60. The van der Waals surface area contributed by atoms with Crippen LogP contribution in [0.25, 0.3) is 0 Å². The summed E-state index contributed by atoms with van der Waals surface area (Å²) >= 11 is 0. The molecule has 10 heteroatoms. The van der Waals surface area contributed by atoms with E-state index >= 15 is 0 Å². The lowest BCUT2D eigenvalue weighted by Crippen LogP contribution is -2.40. The van der Waals surface area contributed by atoms with Crippen LogP contribution in [0, 0.1) is 23.4 Å². The van der Waals surface area contributed by atoms with Crippen molar-refractivity contribution in [2.75, 3.05) is 19.6 Å². The quantitative estimate of drug-likeness (QED) is 0.714. The zero-order chi connectivity index (χ0) is 22.1. The Morgan fingerprint density at radius 3 is 2.73 bits per heavy atom. The minimum Gasteiger partial charge on any atom is -0.503 e. The molecule has 2 aromatic rings. The van der Waals surface area contributed by atoms with Gasteiger partial charge in [0.05, 0.1) is 12.1 Å². The van der Waals surface area contributed by atoms with Crippen molar-refractivity contribution in [3.05, 3.63) is 40.8 Å².